The van der Waals surface area contributed by atoms with Gasteiger partial charge in [-0.15, -0.1) is 0 Å². The van der Waals surface area contributed by atoms with Crippen molar-refractivity contribution in [2.75, 3.05) is 19.7 Å². The number of esters is 1. The van der Waals surface area contributed by atoms with Crippen LogP contribution in [0.25, 0.3) is 0 Å². The number of piperidine rings is 1. The van der Waals surface area contributed by atoms with Gasteiger partial charge in [-0.25, -0.2) is 13.2 Å². The Hall–Kier alpha value is -1.15. The van der Waals surface area contributed by atoms with E-state index < -0.39 is 21.6 Å². The van der Waals surface area contributed by atoms with Crippen LogP contribution in [0.15, 0.2) is 23.1 Å². The number of carbonyl (C=O) groups excluding carboxylic acids is 1. The molecule has 1 aromatic carbocycles. The molecule has 0 saturated carbocycles. The number of ether oxygens (including phenoxy) is 2. The van der Waals surface area contributed by atoms with Crippen molar-refractivity contribution in [3.8, 4) is 0 Å². The fourth-order valence-corrected chi connectivity index (χ4v) is 4.43. The molecule has 0 aromatic heterocycles. The van der Waals surface area contributed by atoms with Crippen molar-refractivity contribution in [1.29, 1.82) is 0 Å². The molecule has 2 rings (SSSR count). The standard InChI is InChI=1S/C18H26ClNO5S/c1-18(2,3)25-17(21)13-24-12-14-11-15(7-8-16(14)19)26(22,23)20-9-5-4-6-10-20/h7-8,11H,4-6,9-10,12-13H2,1-3H3. The molecule has 1 aliphatic heterocycles. The molecule has 0 bridgehead atoms. The largest absolute Gasteiger partial charge is 0.458 e. The minimum Gasteiger partial charge on any atom is -0.458 e. The van der Waals surface area contributed by atoms with E-state index in [1.807, 2.05) is 0 Å². The molecule has 0 amide bonds. The van der Waals surface area contributed by atoms with Crippen molar-refractivity contribution in [3.05, 3.63) is 28.8 Å². The summed E-state index contributed by atoms with van der Waals surface area (Å²) in [4.78, 5) is 11.9. The highest BCUT2D eigenvalue weighted by molar-refractivity contribution is 7.89. The molecule has 1 heterocycles. The minimum absolute atomic E-state index is 0.0292. The predicted octanol–water partition coefficient (Wildman–Crippen LogP) is 3.37. The van der Waals surface area contributed by atoms with Crippen LogP contribution in [0, 0.1) is 0 Å². The third kappa shape index (κ3) is 5.94. The van der Waals surface area contributed by atoms with Gasteiger partial charge in [-0.05, 0) is 57.4 Å². The quantitative estimate of drug-likeness (QED) is 0.681. The summed E-state index contributed by atoms with van der Waals surface area (Å²) in [7, 11) is -3.54. The Morgan fingerprint density at radius 1 is 1.19 bits per heavy atom. The molecule has 0 aliphatic carbocycles. The lowest BCUT2D eigenvalue weighted by molar-refractivity contribution is -0.160. The molecule has 26 heavy (non-hydrogen) atoms. The zero-order chi connectivity index (χ0) is 19.4. The maximum absolute atomic E-state index is 12.8. The van der Waals surface area contributed by atoms with E-state index >= 15 is 0 Å². The summed E-state index contributed by atoms with van der Waals surface area (Å²) < 4.78 is 37.5. The molecule has 146 valence electrons. The lowest BCUT2D eigenvalue weighted by atomic mass is 10.2. The van der Waals surface area contributed by atoms with Crippen LogP contribution in [0.1, 0.15) is 45.6 Å². The van der Waals surface area contributed by atoms with Gasteiger partial charge in [-0.2, -0.15) is 4.31 Å². The Bertz CT molecular complexity index is 736. The van der Waals surface area contributed by atoms with Crippen molar-refractivity contribution in [2.24, 2.45) is 0 Å². The number of carbonyl (C=O) groups is 1. The molecule has 1 aliphatic rings. The second kappa shape index (κ2) is 8.69. The van der Waals surface area contributed by atoms with E-state index in [0.717, 1.165) is 19.3 Å². The fourth-order valence-electron chi connectivity index (χ4n) is 2.69. The van der Waals surface area contributed by atoms with Crippen LogP contribution in [0.2, 0.25) is 5.02 Å². The molecular weight excluding hydrogens is 378 g/mol. The van der Waals surface area contributed by atoms with Gasteiger partial charge in [0.15, 0.2) is 0 Å². The third-order valence-corrected chi connectivity index (χ3v) is 6.13. The second-order valence-electron chi connectivity index (χ2n) is 7.30. The molecule has 1 saturated heterocycles. The Kier molecular flexibility index (Phi) is 7.07. The van der Waals surface area contributed by atoms with Crippen LogP contribution in [0.4, 0.5) is 0 Å². The molecule has 0 atom stereocenters. The first kappa shape index (κ1) is 21.2. The van der Waals surface area contributed by atoms with Crippen LogP contribution in [-0.2, 0) is 30.9 Å². The highest BCUT2D eigenvalue weighted by Crippen LogP contribution is 2.25. The molecule has 8 heteroatoms. The van der Waals surface area contributed by atoms with E-state index in [9.17, 15) is 13.2 Å². The first-order valence-electron chi connectivity index (χ1n) is 8.68. The van der Waals surface area contributed by atoms with Crippen molar-refractivity contribution in [1.82, 2.24) is 4.31 Å². The Labute approximate surface area is 160 Å². The first-order valence-corrected chi connectivity index (χ1v) is 10.5. The normalized spacial score (nSPS) is 16.5. The Morgan fingerprint density at radius 3 is 2.46 bits per heavy atom. The minimum atomic E-state index is -3.54. The van der Waals surface area contributed by atoms with E-state index in [0.29, 0.717) is 23.7 Å². The zero-order valence-corrected chi connectivity index (χ0v) is 17.0. The number of halogens is 1. The van der Waals surface area contributed by atoms with E-state index in [1.54, 1.807) is 26.8 Å². The third-order valence-electron chi connectivity index (χ3n) is 3.87. The number of hydrogen-bond acceptors (Lipinski definition) is 5. The summed E-state index contributed by atoms with van der Waals surface area (Å²) in [5.74, 6) is -0.481. The molecule has 1 fully saturated rings. The topological polar surface area (TPSA) is 72.9 Å². The molecule has 0 N–H and O–H groups in total. The van der Waals surface area contributed by atoms with Crippen LogP contribution in [0.3, 0.4) is 0 Å². The van der Waals surface area contributed by atoms with Gasteiger partial charge in [-0.3, -0.25) is 0 Å². The molecular formula is C18H26ClNO5S. The number of sulfonamides is 1. The summed E-state index contributed by atoms with van der Waals surface area (Å²) >= 11 is 6.15. The second-order valence-corrected chi connectivity index (χ2v) is 9.64. The number of rotatable bonds is 6. The van der Waals surface area contributed by atoms with E-state index in [1.165, 1.54) is 16.4 Å². The van der Waals surface area contributed by atoms with Gasteiger partial charge in [-0.1, -0.05) is 18.0 Å². The Balaban J connectivity index is 2.04. The van der Waals surface area contributed by atoms with Gasteiger partial charge >= 0.3 is 5.97 Å². The summed E-state index contributed by atoms with van der Waals surface area (Å²) in [5.41, 5.74) is -0.0612. The van der Waals surface area contributed by atoms with E-state index in [-0.39, 0.29) is 18.1 Å². The summed E-state index contributed by atoms with van der Waals surface area (Å²) in [6, 6.07) is 4.57. The number of benzene rings is 1. The summed E-state index contributed by atoms with van der Waals surface area (Å²) in [6.45, 7) is 6.20. The van der Waals surface area contributed by atoms with Crippen molar-refractivity contribution in [3.63, 3.8) is 0 Å². The number of nitrogens with zero attached hydrogens (tertiary/aromatic N) is 1. The molecule has 1 aromatic rings. The van der Waals surface area contributed by atoms with Crippen molar-refractivity contribution < 1.29 is 22.7 Å². The molecule has 0 spiro atoms. The average molecular weight is 404 g/mol. The highest BCUT2D eigenvalue weighted by Gasteiger charge is 2.26. The predicted molar refractivity (Wildman–Crippen MR) is 99.6 cm³/mol. The zero-order valence-electron chi connectivity index (χ0n) is 15.5. The molecule has 6 nitrogen and oxygen atoms in total. The first-order chi connectivity index (χ1) is 12.1. The van der Waals surface area contributed by atoms with Crippen molar-refractivity contribution in [2.45, 2.75) is 57.1 Å². The molecule has 0 radical (unpaired) electrons. The molecule has 0 unspecified atom stereocenters. The average Bonchev–Trinajstić information content (AvgIpc) is 2.55. The van der Waals surface area contributed by atoms with Crippen LogP contribution in [-0.4, -0.2) is 44.0 Å². The lowest BCUT2D eigenvalue weighted by Crippen LogP contribution is -2.35. The lowest BCUT2D eigenvalue weighted by Gasteiger charge is -2.26. The van der Waals surface area contributed by atoms with E-state index in [2.05, 4.69) is 0 Å². The van der Waals surface area contributed by atoms with Gasteiger partial charge in [0, 0.05) is 18.1 Å². The van der Waals surface area contributed by atoms with Crippen LogP contribution >= 0.6 is 11.6 Å². The van der Waals surface area contributed by atoms with Crippen molar-refractivity contribution >= 4 is 27.6 Å². The fraction of sp³-hybridized carbons (Fsp3) is 0.611. The maximum atomic E-state index is 12.8. The number of hydrogen-bond donors (Lipinski definition) is 0. The SMILES string of the molecule is CC(C)(C)OC(=O)COCc1cc(S(=O)(=O)N2CCCCC2)ccc1Cl. The van der Waals surface area contributed by atoms with Crippen LogP contribution in [0.5, 0.6) is 0 Å². The van der Waals surface area contributed by atoms with Gasteiger partial charge < -0.3 is 9.47 Å². The van der Waals surface area contributed by atoms with Gasteiger partial charge in [0.1, 0.15) is 12.2 Å². The van der Waals surface area contributed by atoms with Gasteiger partial charge in [0.25, 0.3) is 0 Å². The summed E-state index contributed by atoms with van der Waals surface area (Å²) in [5, 5.41) is 0.395. The van der Waals surface area contributed by atoms with E-state index in [4.69, 9.17) is 21.1 Å². The Morgan fingerprint density at radius 2 is 1.85 bits per heavy atom. The highest BCUT2D eigenvalue weighted by atomic mass is 35.5. The smallest absolute Gasteiger partial charge is 0.332 e. The van der Waals surface area contributed by atoms with Crippen LogP contribution < -0.4 is 0 Å². The summed E-state index contributed by atoms with van der Waals surface area (Å²) in [6.07, 6.45) is 2.80. The van der Waals surface area contributed by atoms with Gasteiger partial charge in [0.05, 0.1) is 11.5 Å². The van der Waals surface area contributed by atoms with Gasteiger partial charge in [0.2, 0.25) is 10.0 Å². The maximum Gasteiger partial charge on any atom is 0.332 e. The monoisotopic (exact) mass is 403 g/mol.